The molecule has 2 aromatic carbocycles. The summed E-state index contributed by atoms with van der Waals surface area (Å²) >= 11 is 0. The van der Waals surface area contributed by atoms with Crippen LogP contribution in [0.3, 0.4) is 0 Å². The molecular formula is C19H15NO5. The molecule has 0 fully saturated rings. The van der Waals surface area contributed by atoms with Crippen LogP contribution in [-0.4, -0.2) is 18.7 Å². The molecule has 0 amide bonds. The number of ether oxygens (including phenoxy) is 3. The van der Waals surface area contributed by atoms with E-state index in [0.29, 0.717) is 22.6 Å². The molecule has 25 heavy (non-hydrogen) atoms. The molecule has 0 bridgehead atoms. The van der Waals surface area contributed by atoms with Gasteiger partial charge in [-0.1, -0.05) is 6.58 Å². The molecule has 2 rings (SSSR count). The lowest BCUT2D eigenvalue weighted by Crippen LogP contribution is -2.11. The number of nitriles is 1. The zero-order chi connectivity index (χ0) is 18.2. The maximum Gasteiger partial charge on any atom is 0.343 e. The van der Waals surface area contributed by atoms with Crippen molar-refractivity contribution in [3.8, 4) is 17.6 Å². The SMILES string of the molecule is C=C(C)C(=O)OCOc1ccc(C(=O)Oc2ccc(C#N)cc2)cc1. The van der Waals surface area contributed by atoms with Crippen LogP contribution < -0.4 is 9.47 Å². The van der Waals surface area contributed by atoms with E-state index >= 15 is 0 Å². The summed E-state index contributed by atoms with van der Waals surface area (Å²) in [6, 6.07) is 14.4. The average molecular weight is 337 g/mol. The number of carbonyl (C=O) groups is 2. The molecule has 0 aromatic heterocycles. The van der Waals surface area contributed by atoms with Crippen LogP contribution in [0.1, 0.15) is 22.8 Å². The molecule has 0 unspecified atom stereocenters. The van der Waals surface area contributed by atoms with Crippen molar-refractivity contribution in [3.63, 3.8) is 0 Å². The number of hydrogen-bond donors (Lipinski definition) is 0. The quantitative estimate of drug-likeness (QED) is 0.348. The maximum atomic E-state index is 12.1. The third-order valence-electron chi connectivity index (χ3n) is 3.05. The van der Waals surface area contributed by atoms with Gasteiger partial charge < -0.3 is 14.2 Å². The molecule has 0 saturated carbocycles. The van der Waals surface area contributed by atoms with Crippen LogP contribution in [0.5, 0.6) is 11.5 Å². The Kier molecular flexibility index (Phi) is 5.91. The van der Waals surface area contributed by atoms with Gasteiger partial charge in [0.15, 0.2) is 0 Å². The van der Waals surface area contributed by atoms with E-state index in [1.54, 1.807) is 36.4 Å². The van der Waals surface area contributed by atoms with Crippen molar-refractivity contribution in [1.29, 1.82) is 5.26 Å². The first-order valence-corrected chi connectivity index (χ1v) is 7.27. The molecule has 0 saturated heterocycles. The molecule has 6 heteroatoms. The van der Waals surface area contributed by atoms with Gasteiger partial charge in [-0.25, -0.2) is 9.59 Å². The minimum absolute atomic E-state index is 0.249. The molecule has 0 N–H and O–H groups in total. The second kappa shape index (κ2) is 8.31. The lowest BCUT2D eigenvalue weighted by atomic mass is 10.2. The van der Waals surface area contributed by atoms with E-state index in [2.05, 4.69) is 6.58 Å². The van der Waals surface area contributed by atoms with E-state index in [1.807, 2.05) is 6.07 Å². The summed E-state index contributed by atoms with van der Waals surface area (Å²) in [6.45, 7) is 4.75. The van der Waals surface area contributed by atoms with Gasteiger partial charge >= 0.3 is 11.9 Å². The van der Waals surface area contributed by atoms with Crippen molar-refractivity contribution in [2.45, 2.75) is 6.92 Å². The summed E-state index contributed by atoms with van der Waals surface area (Å²) in [5.74, 6) is -0.298. The summed E-state index contributed by atoms with van der Waals surface area (Å²) in [5.41, 5.74) is 1.09. The molecule has 6 nitrogen and oxygen atoms in total. The van der Waals surface area contributed by atoms with E-state index in [-0.39, 0.29) is 12.4 Å². The highest BCUT2D eigenvalue weighted by Gasteiger charge is 2.09. The molecule has 0 atom stereocenters. The second-order valence-electron chi connectivity index (χ2n) is 5.02. The number of rotatable bonds is 6. The van der Waals surface area contributed by atoms with Gasteiger partial charge in [0.1, 0.15) is 11.5 Å². The van der Waals surface area contributed by atoms with E-state index in [1.165, 1.54) is 19.1 Å². The average Bonchev–Trinajstić information content (AvgIpc) is 2.62. The molecule has 0 aliphatic rings. The van der Waals surface area contributed by atoms with E-state index in [9.17, 15) is 9.59 Å². The first kappa shape index (κ1) is 17.8. The summed E-state index contributed by atoms with van der Waals surface area (Å²) in [7, 11) is 0. The van der Waals surface area contributed by atoms with Crippen LogP contribution in [0.25, 0.3) is 0 Å². The van der Waals surface area contributed by atoms with Crippen LogP contribution in [0.4, 0.5) is 0 Å². The van der Waals surface area contributed by atoms with Crippen LogP contribution in [-0.2, 0) is 9.53 Å². The van der Waals surface area contributed by atoms with E-state index in [4.69, 9.17) is 19.5 Å². The summed E-state index contributed by atoms with van der Waals surface area (Å²) in [6.07, 6.45) is 0. The van der Waals surface area contributed by atoms with Crippen molar-refractivity contribution in [3.05, 3.63) is 71.8 Å². The molecule has 0 heterocycles. The van der Waals surface area contributed by atoms with Gasteiger partial charge in [-0.3, -0.25) is 0 Å². The fraction of sp³-hybridized carbons (Fsp3) is 0.105. The first-order chi connectivity index (χ1) is 12.0. The number of esters is 2. The molecule has 0 spiro atoms. The number of benzene rings is 2. The fourth-order valence-electron chi connectivity index (χ4n) is 1.72. The first-order valence-electron chi connectivity index (χ1n) is 7.27. The van der Waals surface area contributed by atoms with Crippen molar-refractivity contribution < 1.29 is 23.8 Å². The standard InChI is InChI=1S/C19H15NO5/c1-13(2)18(21)24-12-23-16-9-5-15(6-10-16)19(22)25-17-7-3-14(11-20)4-8-17/h3-10H,1,12H2,2H3. The lowest BCUT2D eigenvalue weighted by Gasteiger charge is -2.08. The summed E-state index contributed by atoms with van der Waals surface area (Å²) in [5, 5.41) is 8.73. The normalized spacial score (nSPS) is 9.60. The fourth-order valence-corrected chi connectivity index (χ4v) is 1.72. The lowest BCUT2D eigenvalue weighted by molar-refractivity contribution is -0.145. The highest BCUT2D eigenvalue weighted by atomic mass is 16.7. The number of hydrogen-bond acceptors (Lipinski definition) is 6. The van der Waals surface area contributed by atoms with Crippen molar-refractivity contribution in [2.75, 3.05) is 6.79 Å². The monoisotopic (exact) mass is 337 g/mol. The highest BCUT2D eigenvalue weighted by Crippen LogP contribution is 2.16. The third-order valence-corrected chi connectivity index (χ3v) is 3.05. The molecule has 2 aromatic rings. The zero-order valence-corrected chi connectivity index (χ0v) is 13.5. The predicted octanol–water partition coefficient (Wildman–Crippen LogP) is 3.23. The maximum absolute atomic E-state index is 12.1. The second-order valence-corrected chi connectivity index (χ2v) is 5.02. The summed E-state index contributed by atoms with van der Waals surface area (Å²) < 4.78 is 15.3. The largest absolute Gasteiger partial charge is 0.457 e. The Morgan fingerprint density at radius 2 is 1.64 bits per heavy atom. The van der Waals surface area contributed by atoms with Gasteiger partial charge in [-0.2, -0.15) is 5.26 Å². The van der Waals surface area contributed by atoms with Crippen molar-refractivity contribution >= 4 is 11.9 Å². The molecule has 0 radical (unpaired) electrons. The van der Waals surface area contributed by atoms with Crippen molar-refractivity contribution in [1.82, 2.24) is 0 Å². The molecule has 0 aliphatic heterocycles. The Hall–Kier alpha value is -3.59. The smallest absolute Gasteiger partial charge is 0.343 e. The van der Waals surface area contributed by atoms with Gasteiger partial charge in [0, 0.05) is 5.57 Å². The Morgan fingerprint density at radius 1 is 1.04 bits per heavy atom. The van der Waals surface area contributed by atoms with E-state index in [0.717, 1.165) is 0 Å². The van der Waals surface area contributed by atoms with Gasteiger partial charge in [-0.15, -0.1) is 0 Å². The number of carbonyl (C=O) groups excluding carboxylic acids is 2. The zero-order valence-electron chi connectivity index (χ0n) is 13.5. The van der Waals surface area contributed by atoms with Gasteiger partial charge in [-0.05, 0) is 55.5 Å². The van der Waals surface area contributed by atoms with E-state index < -0.39 is 11.9 Å². The van der Waals surface area contributed by atoms with Crippen LogP contribution in [0, 0.1) is 11.3 Å². The van der Waals surface area contributed by atoms with Gasteiger partial charge in [0.25, 0.3) is 0 Å². The Morgan fingerprint density at radius 3 is 2.20 bits per heavy atom. The number of nitrogens with zero attached hydrogens (tertiary/aromatic N) is 1. The van der Waals surface area contributed by atoms with Crippen molar-refractivity contribution in [2.24, 2.45) is 0 Å². The third kappa shape index (κ3) is 5.22. The van der Waals surface area contributed by atoms with Gasteiger partial charge in [0.05, 0.1) is 17.2 Å². The molecule has 126 valence electrons. The van der Waals surface area contributed by atoms with Crippen LogP contribution in [0.2, 0.25) is 0 Å². The topological polar surface area (TPSA) is 85.6 Å². The van der Waals surface area contributed by atoms with Crippen LogP contribution in [0.15, 0.2) is 60.7 Å². The summed E-state index contributed by atoms with van der Waals surface area (Å²) in [4.78, 5) is 23.3. The minimum atomic E-state index is -0.539. The predicted molar refractivity (Wildman–Crippen MR) is 89.0 cm³/mol. The Labute approximate surface area is 144 Å². The Balaban J connectivity index is 1.90. The van der Waals surface area contributed by atoms with Gasteiger partial charge in [0.2, 0.25) is 6.79 Å². The Bertz CT molecular complexity index is 816. The minimum Gasteiger partial charge on any atom is -0.457 e. The van der Waals surface area contributed by atoms with Crippen LogP contribution >= 0.6 is 0 Å². The molecule has 0 aliphatic carbocycles. The highest BCUT2D eigenvalue weighted by molar-refractivity contribution is 5.91. The molecular weight excluding hydrogens is 322 g/mol.